The Hall–Kier alpha value is -0.600. The Morgan fingerprint density at radius 3 is 3.00 bits per heavy atom. The highest BCUT2D eigenvalue weighted by Crippen LogP contribution is 2.24. The Kier molecular flexibility index (Phi) is 3.04. The second-order valence-electron chi connectivity index (χ2n) is 3.76. The molecule has 14 heavy (non-hydrogen) atoms. The summed E-state index contributed by atoms with van der Waals surface area (Å²) >= 11 is 5.95. The van der Waals surface area contributed by atoms with E-state index in [1.54, 1.807) is 12.1 Å². The van der Waals surface area contributed by atoms with Crippen molar-refractivity contribution in [2.45, 2.75) is 12.8 Å². The van der Waals surface area contributed by atoms with Crippen LogP contribution in [0.25, 0.3) is 0 Å². The summed E-state index contributed by atoms with van der Waals surface area (Å²) in [6, 6.07) is 4.88. The quantitative estimate of drug-likeness (QED) is 0.797. The van der Waals surface area contributed by atoms with Crippen LogP contribution in [0.5, 0.6) is 0 Å². The van der Waals surface area contributed by atoms with Gasteiger partial charge in [0.25, 0.3) is 0 Å². The number of hydrogen-bond donors (Lipinski definition) is 1. The van der Waals surface area contributed by atoms with Crippen LogP contribution in [-0.2, 0) is 6.42 Å². The van der Waals surface area contributed by atoms with Gasteiger partial charge >= 0.3 is 0 Å². The van der Waals surface area contributed by atoms with E-state index >= 15 is 0 Å². The average molecular weight is 214 g/mol. The summed E-state index contributed by atoms with van der Waals surface area (Å²) in [7, 11) is 0. The molecule has 1 aromatic rings. The van der Waals surface area contributed by atoms with Crippen molar-refractivity contribution < 1.29 is 4.39 Å². The first-order valence-electron chi connectivity index (χ1n) is 4.91. The van der Waals surface area contributed by atoms with Crippen LogP contribution in [0.15, 0.2) is 18.2 Å². The lowest BCUT2D eigenvalue weighted by Crippen LogP contribution is -2.11. The molecule has 76 valence electrons. The van der Waals surface area contributed by atoms with Crippen LogP contribution in [0.1, 0.15) is 12.0 Å². The van der Waals surface area contributed by atoms with Crippen molar-refractivity contribution in [1.82, 2.24) is 5.32 Å². The number of benzene rings is 1. The zero-order chi connectivity index (χ0) is 9.97. The van der Waals surface area contributed by atoms with Gasteiger partial charge in [0.2, 0.25) is 0 Å². The molecule has 1 nitrogen and oxygen atoms in total. The third-order valence-corrected chi connectivity index (χ3v) is 3.07. The average Bonchev–Trinajstić information content (AvgIpc) is 2.64. The van der Waals surface area contributed by atoms with Gasteiger partial charge < -0.3 is 5.32 Å². The minimum absolute atomic E-state index is 0.176. The maximum Gasteiger partial charge on any atom is 0.127 e. The fourth-order valence-corrected chi connectivity index (χ4v) is 2.14. The van der Waals surface area contributed by atoms with Gasteiger partial charge in [0, 0.05) is 10.6 Å². The molecule has 0 bridgehead atoms. The Balaban J connectivity index is 2.14. The molecular formula is C11H13ClFN. The van der Waals surface area contributed by atoms with Gasteiger partial charge in [-0.05, 0) is 44.0 Å². The van der Waals surface area contributed by atoms with Crippen LogP contribution in [0.2, 0.25) is 5.02 Å². The summed E-state index contributed by atoms with van der Waals surface area (Å²) in [6.07, 6.45) is 1.86. The zero-order valence-corrected chi connectivity index (χ0v) is 8.65. The topological polar surface area (TPSA) is 12.0 Å². The number of hydrogen-bond acceptors (Lipinski definition) is 1. The van der Waals surface area contributed by atoms with E-state index in [2.05, 4.69) is 5.32 Å². The van der Waals surface area contributed by atoms with E-state index in [0.717, 1.165) is 25.9 Å². The van der Waals surface area contributed by atoms with Gasteiger partial charge in [-0.2, -0.15) is 0 Å². The van der Waals surface area contributed by atoms with E-state index in [1.807, 2.05) is 0 Å². The molecular weight excluding hydrogens is 201 g/mol. The predicted octanol–water partition coefficient (Wildman–Crippen LogP) is 2.63. The molecule has 1 N–H and O–H groups in total. The van der Waals surface area contributed by atoms with Crippen molar-refractivity contribution in [2.75, 3.05) is 13.1 Å². The van der Waals surface area contributed by atoms with Gasteiger partial charge in [-0.15, -0.1) is 0 Å². The Morgan fingerprint density at radius 1 is 1.50 bits per heavy atom. The Bertz CT molecular complexity index is 301. The molecule has 1 saturated heterocycles. The van der Waals surface area contributed by atoms with Crippen molar-refractivity contribution in [3.05, 3.63) is 34.6 Å². The minimum atomic E-state index is -0.176. The van der Waals surface area contributed by atoms with Gasteiger partial charge in [-0.1, -0.05) is 17.7 Å². The van der Waals surface area contributed by atoms with Gasteiger partial charge in [0.1, 0.15) is 5.82 Å². The van der Waals surface area contributed by atoms with E-state index in [9.17, 15) is 4.39 Å². The van der Waals surface area contributed by atoms with Gasteiger partial charge in [0.05, 0.1) is 0 Å². The SMILES string of the molecule is Fc1cccc(Cl)c1CC1CCNC1. The summed E-state index contributed by atoms with van der Waals surface area (Å²) in [5, 5.41) is 3.82. The summed E-state index contributed by atoms with van der Waals surface area (Å²) < 4.78 is 13.4. The predicted molar refractivity (Wildman–Crippen MR) is 56.1 cm³/mol. The molecule has 1 aromatic carbocycles. The molecule has 0 saturated carbocycles. The second-order valence-corrected chi connectivity index (χ2v) is 4.17. The van der Waals surface area contributed by atoms with Crippen LogP contribution < -0.4 is 5.32 Å². The molecule has 1 aliphatic heterocycles. The lowest BCUT2D eigenvalue weighted by molar-refractivity contribution is 0.544. The minimum Gasteiger partial charge on any atom is -0.316 e. The zero-order valence-electron chi connectivity index (χ0n) is 7.89. The fraction of sp³-hybridized carbons (Fsp3) is 0.455. The number of rotatable bonds is 2. The smallest absolute Gasteiger partial charge is 0.127 e. The molecule has 1 heterocycles. The monoisotopic (exact) mass is 213 g/mol. The molecule has 0 spiro atoms. The highest BCUT2D eigenvalue weighted by Gasteiger charge is 2.18. The number of nitrogens with one attached hydrogen (secondary N) is 1. The van der Waals surface area contributed by atoms with Gasteiger partial charge in [-0.25, -0.2) is 4.39 Å². The third kappa shape index (κ3) is 2.07. The van der Waals surface area contributed by atoms with Crippen molar-refractivity contribution in [3.8, 4) is 0 Å². The van der Waals surface area contributed by atoms with E-state index in [1.165, 1.54) is 6.07 Å². The van der Waals surface area contributed by atoms with Gasteiger partial charge in [-0.3, -0.25) is 0 Å². The summed E-state index contributed by atoms with van der Waals surface area (Å²) in [5.74, 6) is 0.355. The highest BCUT2D eigenvalue weighted by molar-refractivity contribution is 6.31. The summed E-state index contributed by atoms with van der Waals surface area (Å²) in [6.45, 7) is 2.02. The first-order valence-corrected chi connectivity index (χ1v) is 5.29. The number of halogens is 2. The summed E-state index contributed by atoms with van der Waals surface area (Å²) in [5.41, 5.74) is 0.669. The van der Waals surface area contributed by atoms with E-state index in [4.69, 9.17) is 11.6 Å². The van der Waals surface area contributed by atoms with E-state index in [0.29, 0.717) is 16.5 Å². The Labute approximate surface area is 88.3 Å². The molecule has 1 fully saturated rings. The van der Waals surface area contributed by atoms with Crippen LogP contribution in [0.3, 0.4) is 0 Å². The first kappa shape index (κ1) is 9.94. The maximum atomic E-state index is 13.4. The van der Waals surface area contributed by atoms with E-state index in [-0.39, 0.29) is 5.82 Å². The first-order chi connectivity index (χ1) is 6.77. The molecule has 0 aromatic heterocycles. The van der Waals surface area contributed by atoms with Crippen molar-refractivity contribution in [2.24, 2.45) is 5.92 Å². The molecule has 1 aliphatic rings. The maximum absolute atomic E-state index is 13.4. The van der Waals surface area contributed by atoms with Crippen LogP contribution in [-0.4, -0.2) is 13.1 Å². The Morgan fingerprint density at radius 2 is 2.36 bits per heavy atom. The second kappa shape index (κ2) is 4.28. The molecule has 1 atom stereocenters. The lowest BCUT2D eigenvalue weighted by atomic mass is 9.98. The lowest BCUT2D eigenvalue weighted by Gasteiger charge is -2.10. The van der Waals surface area contributed by atoms with Crippen LogP contribution in [0, 0.1) is 11.7 Å². The highest BCUT2D eigenvalue weighted by atomic mass is 35.5. The summed E-state index contributed by atoms with van der Waals surface area (Å²) in [4.78, 5) is 0. The standard InChI is InChI=1S/C11H13ClFN/c12-10-2-1-3-11(13)9(10)6-8-4-5-14-7-8/h1-3,8,14H,4-7H2. The molecule has 0 amide bonds. The van der Waals surface area contributed by atoms with Crippen molar-refractivity contribution in [3.63, 3.8) is 0 Å². The fourth-order valence-electron chi connectivity index (χ4n) is 1.90. The van der Waals surface area contributed by atoms with Gasteiger partial charge in [0.15, 0.2) is 0 Å². The largest absolute Gasteiger partial charge is 0.316 e. The van der Waals surface area contributed by atoms with Crippen LogP contribution in [0.4, 0.5) is 4.39 Å². The third-order valence-electron chi connectivity index (χ3n) is 2.72. The molecule has 0 radical (unpaired) electrons. The molecule has 2 rings (SSSR count). The van der Waals surface area contributed by atoms with Crippen LogP contribution >= 0.6 is 11.6 Å². The molecule has 3 heteroatoms. The van der Waals surface area contributed by atoms with Crippen molar-refractivity contribution >= 4 is 11.6 Å². The molecule has 0 aliphatic carbocycles. The van der Waals surface area contributed by atoms with Crippen molar-refractivity contribution in [1.29, 1.82) is 0 Å². The molecule has 1 unspecified atom stereocenters. The van der Waals surface area contributed by atoms with E-state index < -0.39 is 0 Å². The normalized spacial score (nSPS) is 21.4.